The summed E-state index contributed by atoms with van der Waals surface area (Å²) in [4.78, 5) is 0. The number of hydrogen-bond donors (Lipinski definition) is 1. The lowest BCUT2D eigenvalue weighted by atomic mass is 10.1. The van der Waals surface area contributed by atoms with Crippen molar-refractivity contribution in [1.82, 2.24) is 5.32 Å². The lowest BCUT2D eigenvalue weighted by Crippen LogP contribution is -2.42. The molecule has 1 aromatic rings. The number of hydrogen-bond acceptors (Lipinski definition) is 4. The van der Waals surface area contributed by atoms with Crippen molar-refractivity contribution in [3.05, 3.63) is 22.2 Å². The van der Waals surface area contributed by atoms with Crippen molar-refractivity contribution in [1.29, 1.82) is 0 Å². The van der Waals surface area contributed by atoms with E-state index in [0.717, 1.165) is 22.3 Å². The summed E-state index contributed by atoms with van der Waals surface area (Å²) in [6, 6.07) is 4.00. The predicted molar refractivity (Wildman–Crippen MR) is 80.0 cm³/mol. The number of ether oxygens (including phenoxy) is 3. The van der Waals surface area contributed by atoms with Crippen molar-refractivity contribution in [3.63, 3.8) is 0 Å². The molecule has 0 aliphatic heterocycles. The first-order chi connectivity index (χ1) is 8.93. The van der Waals surface area contributed by atoms with Gasteiger partial charge < -0.3 is 19.5 Å². The number of rotatable bonds is 7. The molecule has 0 bridgehead atoms. The lowest BCUT2D eigenvalue weighted by Gasteiger charge is -2.25. The average Bonchev–Trinajstić information content (AvgIpc) is 2.35. The standard InChI is InChI=1S/C14H22BrNO3/c1-14(2,9-17-3)16-8-10-6-11(15)13(19-5)12(7-10)18-4/h6-7,16H,8-9H2,1-5H3. The Kier molecular flexibility index (Phi) is 6.10. The fourth-order valence-electron chi connectivity index (χ4n) is 1.83. The van der Waals surface area contributed by atoms with Gasteiger partial charge in [-0.15, -0.1) is 0 Å². The first-order valence-corrected chi connectivity index (χ1v) is 6.87. The Morgan fingerprint density at radius 1 is 1.16 bits per heavy atom. The molecule has 0 aromatic heterocycles. The summed E-state index contributed by atoms with van der Waals surface area (Å²) in [6.07, 6.45) is 0. The summed E-state index contributed by atoms with van der Waals surface area (Å²) in [6.45, 7) is 5.59. The molecule has 0 saturated heterocycles. The van der Waals surface area contributed by atoms with Gasteiger partial charge in [-0.1, -0.05) is 0 Å². The number of benzene rings is 1. The first-order valence-electron chi connectivity index (χ1n) is 6.08. The molecule has 5 heteroatoms. The number of methoxy groups -OCH3 is 3. The van der Waals surface area contributed by atoms with Gasteiger partial charge in [-0.05, 0) is 47.5 Å². The second kappa shape index (κ2) is 7.12. The van der Waals surface area contributed by atoms with Gasteiger partial charge in [0.25, 0.3) is 0 Å². The Morgan fingerprint density at radius 2 is 1.84 bits per heavy atom. The van der Waals surface area contributed by atoms with Gasteiger partial charge in [0.05, 0.1) is 25.3 Å². The van der Waals surface area contributed by atoms with E-state index in [2.05, 4.69) is 35.1 Å². The molecule has 0 aliphatic carbocycles. The SMILES string of the molecule is COCC(C)(C)NCc1cc(Br)c(OC)c(OC)c1. The van der Waals surface area contributed by atoms with Crippen molar-refractivity contribution in [2.24, 2.45) is 0 Å². The highest BCUT2D eigenvalue weighted by Gasteiger charge is 2.17. The van der Waals surface area contributed by atoms with Crippen LogP contribution in [0.5, 0.6) is 11.5 Å². The highest BCUT2D eigenvalue weighted by atomic mass is 79.9. The van der Waals surface area contributed by atoms with E-state index >= 15 is 0 Å². The zero-order valence-electron chi connectivity index (χ0n) is 12.2. The molecule has 4 nitrogen and oxygen atoms in total. The minimum absolute atomic E-state index is 0.0750. The molecular formula is C14H22BrNO3. The molecule has 1 N–H and O–H groups in total. The zero-order chi connectivity index (χ0) is 14.5. The van der Waals surface area contributed by atoms with Gasteiger partial charge in [-0.3, -0.25) is 0 Å². The summed E-state index contributed by atoms with van der Waals surface area (Å²) >= 11 is 3.49. The van der Waals surface area contributed by atoms with Crippen LogP contribution < -0.4 is 14.8 Å². The fourth-order valence-corrected chi connectivity index (χ4v) is 2.48. The minimum Gasteiger partial charge on any atom is -0.493 e. The molecule has 0 amide bonds. The molecule has 0 spiro atoms. The highest BCUT2D eigenvalue weighted by molar-refractivity contribution is 9.10. The monoisotopic (exact) mass is 331 g/mol. The predicted octanol–water partition coefficient (Wildman–Crippen LogP) is 2.98. The maximum Gasteiger partial charge on any atom is 0.174 e. The third kappa shape index (κ3) is 4.67. The largest absolute Gasteiger partial charge is 0.493 e. The van der Waals surface area contributed by atoms with Crippen molar-refractivity contribution >= 4 is 15.9 Å². The van der Waals surface area contributed by atoms with Crippen LogP contribution in [0, 0.1) is 0 Å². The van der Waals surface area contributed by atoms with Crippen LogP contribution in [0.2, 0.25) is 0 Å². The van der Waals surface area contributed by atoms with E-state index in [-0.39, 0.29) is 5.54 Å². The maximum absolute atomic E-state index is 5.33. The summed E-state index contributed by atoms with van der Waals surface area (Å²) in [5, 5.41) is 3.45. The summed E-state index contributed by atoms with van der Waals surface area (Å²) in [7, 11) is 4.97. The Morgan fingerprint density at radius 3 is 2.37 bits per heavy atom. The van der Waals surface area contributed by atoms with Crippen LogP contribution in [-0.4, -0.2) is 33.5 Å². The zero-order valence-corrected chi connectivity index (χ0v) is 13.8. The Labute approximate surface area is 123 Å². The van der Waals surface area contributed by atoms with Crippen LogP contribution in [0.15, 0.2) is 16.6 Å². The molecule has 0 unspecified atom stereocenters. The second-order valence-corrected chi connectivity index (χ2v) is 5.84. The van der Waals surface area contributed by atoms with Gasteiger partial charge >= 0.3 is 0 Å². The van der Waals surface area contributed by atoms with Crippen LogP contribution in [0.4, 0.5) is 0 Å². The van der Waals surface area contributed by atoms with Crippen molar-refractivity contribution in [2.45, 2.75) is 25.9 Å². The molecular weight excluding hydrogens is 310 g/mol. The van der Waals surface area contributed by atoms with E-state index in [4.69, 9.17) is 14.2 Å². The van der Waals surface area contributed by atoms with E-state index in [1.807, 2.05) is 12.1 Å². The van der Waals surface area contributed by atoms with Crippen molar-refractivity contribution in [2.75, 3.05) is 27.9 Å². The molecule has 108 valence electrons. The molecule has 0 atom stereocenters. The number of nitrogens with one attached hydrogen (secondary N) is 1. The van der Waals surface area contributed by atoms with Gasteiger partial charge in [0.1, 0.15) is 0 Å². The van der Waals surface area contributed by atoms with Crippen LogP contribution in [-0.2, 0) is 11.3 Å². The van der Waals surface area contributed by atoms with Crippen LogP contribution in [0.1, 0.15) is 19.4 Å². The van der Waals surface area contributed by atoms with Gasteiger partial charge in [0, 0.05) is 19.2 Å². The van der Waals surface area contributed by atoms with E-state index in [0.29, 0.717) is 12.4 Å². The lowest BCUT2D eigenvalue weighted by molar-refractivity contribution is 0.127. The van der Waals surface area contributed by atoms with Gasteiger partial charge in [0.2, 0.25) is 0 Å². The highest BCUT2D eigenvalue weighted by Crippen LogP contribution is 2.36. The maximum atomic E-state index is 5.33. The van der Waals surface area contributed by atoms with E-state index in [1.165, 1.54) is 0 Å². The van der Waals surface area contributed by atoms with Crippen LogP contribution in [0.3, 0.4) is 0 Å². The average molecular weight is 332 g/mol. The first kappa shape index (κ1) is 16.3. The normalized spacial score (nSPS) is 11.5. The van der Waals surface area contributed by atoms with Crippen LogP contribution in [0.25, 0.3) is 0 Å². The molecule has 19 heavy (non-hydrogen) atoms. The molecule has 0 saturated carbocycles. The summed E-state index contributed by atoms with van der Waals surface area (Å²) < 4.78 is 16.7. The Hall–Kier alpha value is -0.780. The molecule has 0 aliphatic rings. The van der Waals surface area contributed by atoms with Crippen LogP contribution >= 0.6 is 15.9 Å². The summed E-state index contributed by atoms with van der Waals surface area (Å²) in [5.74, 6) is 1.43. The van der Waals surface area contributed by atoms with Gasteiger partial charge in [-0.25, -0.2) is 0 Å². The third-order valence-corrected chi connectivity index (χ3v) is 3.36. The topological polar surface area (TPSA) is 39.7 Å². The van der Waals surface area contributed by atoms with E-state index in [9.17, 15) is 0 Å². The smallest absolute Gasteiger partial charge is 0.174 e. The quantitative estimate of drug-likeness (QED) is 0.833. The molecule has 0 heterocycles. The summed E-state index contributed by atoms with van der Waals surface area (Å²) in [5.41, 5.74) is 1.04. The van der Waals surface area contributed by atoms with E-state index in [1.54, 1.807) is 21.3 Å². The molecule has 0 radical (unpaired) electrons. The minimum atomic E-state index is -0.0750. The van der Waals surface area contributed by atoms with Crippen molar-refractivity contribution < 1.29 is 14.2 Å². The Balaban J connectivity index is 2.83. The van der Waals surface area contributed by atoms with Crippen molar-refractivity contribution in [3.8, 4) is 11.5 Å². The fraction of sp³-hybridized carbons (Fsp3) is 0.571. The Bertz CT molecular complexity index is 421. The molecule has 0 fully saturated rings. The molecule has 1 aromatic carbocycles. The van der Waals surface area contributed by atoms with Gasteiger partial charge in [0.15, 0.2) is 11.5 Å². The van der Waals surface area contributed by atoms with E-state index < -0.39 is 0 Å². The number of halogens is 1. The molecule has 1 rings (SSSR count). The second-order valence-electron chi connectivity index (χ2n) is 4.98. The third-order valence-electron chi connectivity index (χ3n) is 2.77. The van der Waals surface area contributed by atoms with Gasteiger partial charge in [-0.2, -0.15) is 0 Å².